The van der Waals surface area contributed by atoms with Crippen LogP contribution in [0.3, 0.4) is 0 Å². The van der Waals surface area contributed by atoms with Crippen LogP contribution in [-0.4, -0.2) is 24.7 Å². The van der Waals surface area contributed by atoms with E-state index in [1.54, 1.807) is 24.3 Å². The van der Waals surface area contributed by atoms with Crippen molar-refractivity contribution >= 4 is 17.1 Å². The van der Waals surface area contributed by atoms with Gasteiger partial charge in [0.05, 0.1) is 5.56 Å². The first-order valence-electron chi connectivity index (χ1n) is 6.93. The molecule has 23 heavy (non-hydrogen) atoms. The normalized spacial score (nSPS) is 16.6. The fourth-order valence-electron chi connectivity index (χ4n) is 2.88. The summed E-state index contributed by atoms with van der Waals surface area (Å²) in [7, 11) is 2.94. The Kier molecular flexibility index (Phi) is 2.59. The number of hydrogen-bond acceptors (Lipinski definition) is 5. The first-order valence-corrected chi connectivity index (χ1v) is 6.93. The van der Waals surface area contributed by atoms with Gasteiger partial charge in [0.25, 0.3) is 5.56 Å². The third-order valence-electron chi connectivity index (χ3n) is 4.09. The van der Waals surface area contributed by atoms with Gasteiger partial charge in [0.1, 0.15) is 6.33 Å². The van der Waals surface area contributed by atoms with E-state index in [4.69, 9.17) is 4.74 Å². The van der Waals surface area contributed by atoms with Crippen LogP contribution in [0.4, 0.5) is 0 Å². The molecule has 0 fully saturated rings. The van der Waals surface area contributed by atoms with Crippen molar-refractivity contribution in [3.63, 3.8) is 0 Å². The molecule has 2 aromatic heterocycles. The monoisotopic (exact) mass is 312 g/mol. The number of fused-ring (bicyclic) bond motifs is 2. The molecule has 0 spiro atoms. The number of aromatic nitrogens is 4. The average molecular weight is 312 g/mol. The van der Waals surface area contributed by atoms with Crippen LogP contribution in [-0.2, 0) is 18.8 Å². The van der Waals surface area contributed by atoms with Gasteiger partial charge in [0.2, 0.25) is 6.23 Å². The lowest BCUT2D eigenvalue weighted by atomic mass is 10.1. The number of nitrogens with zero attached hydrogens (tertiary/aromatic N) is 4. The molecule has 0 N–H and O–H groups in total. The van der Waals surface area contributed by atoms with Gasteiger partial charge in [-0.25, -0.2) is 14.6 Å². The number of imidazole rings is 1. The Morgan fingerprint density at radius 2 is 1.83 bits per heavy atom. The number of benzene rings is 1. The Labute approximate surface area is 129 Å². The summed E-state index contributed by atoms with van der Waals surface area (Å²) >= 11 is 0. The number of carbonyl (C=O) groups is 1. The molecule has 1 aliphatic rings. The summed E-state index contributed by atoms with van der Waals surface area (Å²) < 4.78 is 9.18. The molecule has 0 radical (unpaired) electrons. The van der Waals surface area contributed by atoms with Crippen molar-refractivity contribution < 1.29 is 9.53 Å². The third kappa shape index (κ3) is 1.65. The third-order valence-corrected chi connectivity index (χ3v) is 4.09. The molecule has 0 saturated carbocycles. The lowest BCUT2D eigenvalue weighted by Crippen LogP contribution is -2.37. The van der Waals surface area contributed by atoms with Crippen molar-refractivity contribution in [3.05, 3.63) is 62.6 Å². The molecule has 8 nitrogen and oxygen atoms in total. The van der Waals surface area contributed by atoms with Crippen LogP contribution in [0.15, 0.2) is 40.2 Å². The van der Waals surface area contributed by atoms with Gasteiger partial charge in [-0.3, -0.25) is 18.5 Å². The number of cyclic esters (lactones) is 1. The molecule has 3 heterocycles. The van der Waals surface area contributed by atoms with E-state index < -0.39 is 23.4 Å². The molecule has 8 heteroatoms. The number of ether oxygens (including phenoxy) is 1. The summed E-state index contributed by atoms with van der Waals surface area (Å²) in [4.78, 5) is 40.6. The van der Waals surface area contributed by atoms with Crippen LogP contribution in [0, 0.1) is 0 Å². The van der Waals surface area contributed by atoms with Crippen LogP contribution in [0.1, 0.15) is 22.1 Å². The van der Waals surface area contributed by atoms with E-state index in [9.17, 15) is 14.4 Å². The molecular weight excluding hydrogens is 300 g/mol. The number of hydrogen-bond donors (Lipinski definition) is 0. The Morgan fingerprint density at radius 1 is 1.09 bits per heavy atom. The second-order valence-corrected chi connectivity index (χ2v) is 5.37. The van der Waals surface area contributed by atoms with Crippen LogP contribution in [0.25, 0.3) is 11.2 Å². The summed E-state index contributed by atoms with van der Waals surface area (Å²) in [5, 5.41) is 0. The maximum atomic E-state index is 12.5. The maximum absolute atomic E-state index is 12.5. The lowest BCUT2D eigenvalue weighted by Gasteiger charge is -2.13. The summed E-state index contributed by atoms with van der Waals surface area (Å²) in [6.45, 7) is 0. The molecule has 1 aliphatic heterocycles. The molecule has 0 saturated heterocycles. The first kappa shape index (κ1) is 13.5. The first-order chi connectivity index (χ1) is 11.0. The zero-order valence-corrected chi connectivity index (χ0v) is 12.4. The minimum absolute atomic E-state index is 0.212. The van der Waals surface area contributed by atoms with Crippen LogP contribution >= 0.6 is 0 Å². The number of carbonyl (C=O) groups excluding carboxylic acids is 1. The van der Waals surface area contributed by atoms with E-state index >= 15 is 0 Å². The maximum Gasteiger partial charge on any atom is 0.340 e. The van der Waals surface area contributed by atoms with E-state index in [0.29, 0.717) is 11.1 Å². The Balaban J connectivity index is 2.05. The topological polar surface area (TPSA) is 88.1 Å². The fraction of sp³-hybridized carbons (Fsp3) is 0.200. The predicted octanol–water partition coefficient (Wildman–Crippen LogP) is 0.151. The van der Waals surface area contributed by atoms with E-state index in [1.165, 1.54) is 29.6 Å². The quantitative estimate of drug-likeness (QED) is 0.597. The number of rotatable bonds is 1. The van der Waals surface area contributed by atoms with Gasteiger partial charge in [-0.2, -0.15) is 0 Å². The van der Waals surface area contributed by atoms with Crippen molar-refractivity contribution in [2.24, 2.45) is 14.1 Å². The predicted molar refractivity (Wildman–Crippen MR) is 80.2 cm³/mol. The molecule has 116 valence electrons. The van der Waals surface area contributed by atoms with Gasteiger partial charge in [0.15, 0.2) is 11.2 Å². The number of esters is 1. The fourth-order valence-corrected chi connectivity index (χ4v) is 2.88. The highest BCUT2D eigenvalue weighted by Crippen LogP contribution is 2.32. The summed E-state index contributed by atoms with van der Waals surface area (Å²) in [5.41, 5.74) is 0.633. The lowest BCUT2D eigenvalue weighted by molar-refractivity contribution is 0.0330. The van der Waals surface area contributed by atoms with Crippen molar-refractivity contribution in [1.82, 2.24) is 18.7 Å². The van der Waals surface area contributed by atoms with Gasteiger partial charge in [-0.05, 0) is 6.07 Å². The van der Waals surface area contributed by atoms with Crippen LogP contribution in [0.5, 0.6) is 0 Å². The average Bonchev–Trinajstić information content (AvgIpc) is 3.13. The van der Waals surface area contributed by atoms with E-state index in [2.05, 4.69) is 4.98 Å². The Morgan fingerprint density at radius 3 is 2.61 bits per heavy atom. The van der Waals surface area contributed by atoms with Crippen molar-refractivity contribution in [1.29, 1.82) is 0 Å². The SMILES string of the molecule is Cn1c(=O)c2c(ncn2C2OC(=O)c3ccccc32)n(C)c1=O. The molecule has 0 bridgehead atoms. The highest BCUT2D eigenvalue weighted by Gasteiger charge is 2.33. The van der Waals surface area contributed by atoms with Crippen LogP contribution in [0.2, 0.25) is 0 Å². The number of aryl methyl sites for hydroxylation is 1. The summed E-state index contributed by atoms with van der Waals surface area (Å²) in [6, 6.07) is 6.98. The molecule has 1 atom stereocenters. The highest BCUT2D eigenvalue weighted by molar-refractivity contribution is 5.94. The van der Waals surface area contributed by atoms with E-state index in [1.807, 2.05) is 0 Å². The van der Waals surface area contributed by atoms with Crippen LogP contribution < -0.4 is 11.2 Å². The van der Waals surface area contributed by atoms with E-state index in [-0.39, 0.29) is 11.2 Å². The zero-order chi connectivity index (χ0) is 16.3. The molecule has 1 aromatic carbocycles. The zero-order valence-electron chi connectivity index (χ0n) is 12.4. The van der Waals surface area contributed by atoms with Gasteiger partial charge in [-0.15, -0.1) is 0 Å². The molecule has 4 rings (SSSR count). The van der Waals surface area contributed by atoms with Crippen molar-refractivity contribution in [2.45, 2.75) is 6.23 Å². The van der Waals surface area contributed by atoms with Gasteiger partial charge >= 0.3 is 11.7 Å². The Bertz CT molecular complexity index is 1090. The smallest absolute Gasteiger partial charge is 0.340 e. The summed E-state index contributed by atoms with van der Waals surface area (Å²) in [6.07, 6.45) is 0.639. The Hall–Kier alpha value is -3.16. The van der Waals surface area contributed by atoms with Crippen molar-refractivity contribution in [2.75, 3.05) is 0 Å². The van der Waals surface area contributed by atoms with E-state index in [0.717, 1.165) is 4.57 Å². The van der Waals surface area contributed by atoms with Crippen molar-refractivity contribution in [3.8, 4) is 0 Å². The molecule has 3 aromatic rings. The second-order valence-electron chi connectivity index (χ2n) is 5.37. The molecule has 1 unspecified atom stereocenters. The summed E-state index contributed by atoms with van der Waals surface area (Å²) in [5.74, 6) is -0.450. The largest absolute Gasteiger partial charge is 0.433 e. The molecule has 0 aliphatic carbocycles. The van der Waals surface area contributed by atoms with Gasteiger partial charge in [-0.1, -0.05) is 18.2 Å². The van der Waals surface area contributed by atoms with Gasteiger partial charge in [0, 0.05) is 19.7 Å². The molecular formula is C15H12N4O4. The minimum atomic E-state index is -0.770. The minimum Gasteiger partial charge on any atom is -0.433 e. The second kappa shape index (κ2) is 4.42. The molecule has 0 amide bonds. The highest BCUT2D eigenvalue weighted by atomic mass is 16.6. The van der Waals surface area contributed by atoms with Gasteiger partial charge < -0.3 is 4.74 Å². The standard InChI is InChI=1S/C15H12N4O4/c1-17-11-10(12(20)18(2)15(17)22)19(7-16-11)13-8-5-3-4-6-9(8)14(21)23-13/h3-7,13H,1-2H3.